The van der Waals surface area contributed by atoms with Crippen molar-refractivity contribution in [3.63, 3.8) is 0 Å². The third-order valence-electron chi connectivity index (χ3n) is 1.72. The first-order valence-corrected chi connectivity index (χ1v) is 4.85. The van der Waals surface area contributed by atoms with Gasteiger partial charge in [0, 0.05) is 18.3 Å². The van der Waals surface area contributed by atoms with E-state index in [1.807, 2.05) is 39.1 Å². The Bertz CT molecular complexity index is 261. The molecule has 0 unspecified atom stereocenters. The van der Waals surface area contributed by atoms with Crippen molar-refractivity contribution in [1.29, 1.82) is 0 Å². The standard InChI is InChI=1S/C9H14N2O.C2H6/c1-11-6-7-3-4-8(12-2)5-9(7)10;1-2/h3-5,11H,6,10H2,1-2H3;1-2H3. The van der Waals surface area contributed by atoms with E-state index in [4.69, 9.17) is 10.5 Å². The van der Waals surface area contributed by atoms with E-state index in [9.17, 15) is 0 Å². The van der Waals surface area contributed by atoms with Crippen LogP contribution in [-0.2, 0) is 6.54 Å². The lowest BCUT2D eigenvalue weighted by Gasteiger charge is -2.06. The predicted octanol–water partition coefficient (Wildman–Crippen LogP) is 2.02. The van der Waals surface area contributed by atoms with Crippen molar-refractivity contribution in [1.82, 2.24) is 5.32 Å². The van der Waals surface area contributed by atoms with Gasteiger partial charge in [-0.2, -0.15) is 0 Å². The Kier molecular flexibility index (Phi) is 6.58. The number of rotatable bonds is 3. The first-order chi connectivity index (χ1) is 6.77. The molecule has 0 bridgehead atoms. The summed E-state index contributed by atoms with van der Waals surface area (Å²) in [7, 11) is 3.52. The summed E-state index contributed by atoms with van der Waals surface area (Å²) in [5.74, 6) is 0.798. The van der Waals surface area contributed by atoms with Gasteiger partial charge >= 0.3 is 0 Å². The molecule has 0 aliphatic carbocycles. The summed E-state index contributed by atoms with van der Waals surface area (Å²) in [5.41, 5.74) is 7.63. The van der Waals surface area contributed by atoms with E-state index in [0.29, 0.717) is 0 Å². The highest BCUT2D eigenvalue weighted by Crippen LogP contribution is 2.18. The van der Waals surface area contributed by atoms with Crippen molar-refractivity contribution >= 4 is 5.69 Å². The maximum Gasteiger partial charge on any atom is 0.120 e. The van der Waals surface area contributed by atoms with Gasteiger partial charge in [-0.15, -0.1) is 0 Å². The van der Waals surface area contributed by atoms with E-state index in [1.165, 1.54) is 0 Å². The molecule has 0 spiro atoms. The summed E-state index contributed by atoms with van der Waals surface area (Å²) in [6, 6.07) is 5.69. The Morgan fingerprint density at radius 3 is 2.43 bits per heavy atom. The Morgan fingerprint density at radius 1 is 1.36 bits per heavy atom. The molecule has 0 saturated carbocycles. The topological polar surface area (TPSA) is 47.3 Å². The number of hydrogen-bond donors (Lipinski definition) is 2. The molecule has 1 rings (SSSR count). The van der Waals surface area contributed by atoms with Crippen LogP contribution >= 0.6 is 0 Å². The lowest BCUT2D eigenvalue weighted by molar-refractivity contribution is 0.415. The molecule has 0 fully saturated rings. The molecule has 3 nitrogen and oxygen atoms in total. The third kappa shape index (κ3) is 3.66. The van der Waals surface area contributed by atoms with Gasteiger partial charge in [0.25, 0.3) is 0 Å². The molecule has 0 saturated heterocycles. The van der Waals surface area contributed by atoms with Gasteiger partial charge in [-0.3, -0.25) is 0 Å². The van der Waals surface area contributed by atoms with E-state index >= 15 is 0 Å². The molecule has 0 aromatic heterocycles. The van der Waals surface area contributed by atoms with Crippen molar-refractivity contribution in [3.05, 3.63) is 23.8 Å². The van der Waals surface area contributed by atoms with Crippen LogP contribution in [0.4, 0.5) is 5.69 Å². The van der Waals surface area contributed by atoms with Crippen molar-refractivity contribution in [3.8, 4) is 5.75 Å². The van der Waals surface area contributed by atoms with Gasteiger partial charge in [0.1, 0.15) is 5.75 Å². The Hall–Kier alpha value is -1.22. The minimum Gasteiger partial charge on any atom is -0.497 e. The van der Waals surface area contributed by atoms with E-state index in [-0.39, 0.29) is 0 Å². The number of anilines is 1. The summed E-state index contributed by atoms with van der Waals surface area (Å²) in [6.07, 6.45) is 0. The van der Waals surface area contributed by atoms with Crippen molar-refractivity contribution in [2.45, 2.75) is 20.4 Å². The van der Waals surface area contributed by atoms with Crippen molar-refractivity contribution in [2.75, 3.05) is 19.9 Å². The average Bonchev–Trinajstić information content (AvgIpc) is 2.24. The number of ether oxygens (including phenoxy) is 1. The predicted molar refractivity (Wildman–Crippen MR) is 61.5 cm³/mol. The van der Waals surface area contributed by atoms with Crippen LogP contribution in [0.5, 0.6) is 5.75 Å². The van der Waals surface area contributed by atoms with E-state index in [0.717, 1.165) is 23.5 Å². The number of nitrogens with one attached hydrogen (secondary N) is 1. The van der Waals surface area contributed by atoms with Crippen LogP contribution < -0.4 is 15.8 Å². The lowest BCUT2D eigenvalue weighted by Crippen LogP contribution is -2.07. The van der Waals surface area contributed by atoms with Crippen LogP contribution in [0.2, 0.25) is 0 Å². The highest BCUT2D eigenvalue weighted by molar-refractivity contribution is 5.51. The molecule has 0 atom stereocenters. The number of nitrogens with two attached hydrogens (primary N) is 1. The van der Waals surface area contributed by atoms with Gasteiger partial charge in [-0.1, -0.05) is 19.9 Å². The molecule has 1 aromatic carbocycles. The average molecular weight is 196 g/mol. The van der Waals surface area contributed by atoms with Crippen LogP contribution in [0.3, 0.4) is 0 Å². The number of hydrogen-bond acceptors (Lipinski definition) is 3. The van der Waals surface area contributed by atoms with Crippen LogP contribution in [-0.4, -0.2) is 14.2 Å². The number of nitrogen functional groups attached to an aromatic ring is 1. The van der Waals surface area contributed by atoms with Gasteiger partial charge in [0.2, 0.25) is 0 Å². The van der Waals surface area contributed by atoms with Gasteiger partial charge in [-0.25, -0.2) is 0 Å². The normalized spacial score (nSPS) is 8.86. The fraction of sp³-hybridized carbons (Fsp3) is 0.455. The summed E-state index contributed by atoms with van der Waals surface area (Å²) >= 11 is 0. The molecule has 0 aliphatic heterocycles. The van der Waals surface area contributed by atoms with Gasteiger partial charge in [-0.05, 0) is 18.7 Å². The fourth-order valence-electron chi connectivity index (χ4n) is 1.05. The summed E-state index contributed by atoms with van der Waals surface area (Å²) in [5, 5.41) is 3.04. The molecule has 3 N–H and O–H groups in total. The van der Waals surface area contributed by atoms with Crippen LogP contribution in [0.25, 0.3) is 0 Å². The maximum absolute atomic E-state index is 5.76. The smallest absolute Gasteiger partial charge is 0.120 e. The van der Waals surface area contributed by atoms with Gasteiger partial charge < -0.3 is 15.8 Å². The zero-order valence-corrected chi connectivity index (χ0v) is 9.42. The highest BCUT2D eigenvalue weighted by Gasteiger charge is 1.98. The van der Waals surface area contributed by atoms with E-state index in [1.54, 1.807) is 7.11 Å². The third-order valence-corrected chi connectivity index (χ3v) is 1.72. The van der Waals surface area contributed by atoms with E-state index in [2.05, 4.69) is 5.32 Å². The largest absolute Gasteiger partial charge is 0.497 e. The summed E-state index contributed by atoms with van der Waals surface area (Å²) in [4.78, 5) is 0. The molecule has 0 aliphatic rings. The molecule has 80 valence electrons. The molecule has 0 amide bonds. The highest BCUT2D eigenvalue weighted by atomic mass is 16.5. The molecule has 0 radical (unpaired) electrons. The monoisotopic (exact) mass is 196 g/mol. The Labute approximate surface area is 86.3 Å². The molecule has 3 heteroatoms. The Morgan fingerprint density at radius 2 is 2.00 bits per heavy atom. The quantitative estimate of drug-likeness (QED) is 0.727. The summed E-state index contributed by atoms with van der Waals surface area (Å²) in [6.45, 7) is 4.79. The second-order valence-corrected chi connectivity index (χ2v) is 2.60. The van der Waals surface area contributed by atoms with Crippen LogP contribution in [0.15, 0.2) is 18.2 Å². The lowest BCUT2D eigenvalue weighted by atomic mass is 10.2. The second kappa shape index (κ2) is 7.21. The zero-order valence-electron chi connectivity index (χ0n) is 9.42. The molecule has 14 heavy (non-hydrogen) atoms. The minimum atomic E-state index is 0.767. The Balaban J connectivity index is 0.000000791. The van der Waals surface area contributed by atoms with Crippen molar-refractivity contribution < 1.29 is 4.74 Å². The number of benzene rings is 1. The van der Waals surface area contributed by atoms with Crippen LogP contribution in [0.1, 0.15) is 19.4 Å². The van der Waals surface area contributed by atoms with Gasteiger partial charge in [0.05, 0.1) is 7.11 Å². The zero-order chi connectivity index (χ0) is 11.0. The first-order valence-electron chi connectivity index (χ1n) is 4.85. The fourth-order valence-corrected chi connectivity index (χ4v) is 1.05. The maximum atomic E-state index is 5.76. The van der Waals surface area contributed by atoms with Crippen molar-refractivity contribution in [2.24, 2.45) is 0 Å². The number of methoxy groups -OCH3 is 1. The molecular formula is C11H20N2O. The molecule has 0 heterocycles. The van der Waals surface area contributed by atoms with E-state index < -0.39 is 0 Å². The SMILES string of the molecule is CC.CNCc1ccc(OC)cc1N. The van der Waals surface area contributed by atoms with Gasteiger partial charge in [0.15, 0.2) is 0 Å². The minimum absolute atomic E-state index is 0.767. The molecule has 1 aromatic rings. The summed E-state index contributed by atoms with van der Waals surface area (Å²) < 4.78 is 5.03. The second-order valence-electron chi connectivity index (χ2n) is 2.60. The van der Waals surface area contributed by atoms with Crippen LogP contribution in [0, 0.1) is 0 Å². The molecular weight excluding hydrogens is 176 g/mol. The first kappa shape index (κ1) is 12.8.